The highest BCUT2D eigenvalue weighted by Gasteiger charge is 2.29. The van der Waals surface area contributed by atoms with Gasteiger partial charge in [-0.3, -0.25) is 14.4 Å². The summed E-state index contributed by atoms with van der Waals surface area (Å²) >= 11 is 0. The first-order valence-electron chi connectivity index (χ1n) is 11.6. The van der Waals surface area contributed by atoms with Gasteiger partial charge in [0.25, 0.3) is 5.91 Å². The van der Waals surface area contributed by atoms with E-state index in [1.807, 2.05) is 42.5 Å². The number of benzene rings is 2. The maximum Gasteiger partial charge on any atom is 0.272 e. The summed E-state index contributed by atoms with van der Waals surface area (Å²) in [6.07, 6.45) is 0.717. The fourth-order valence-corrected chi connectivity index (χ4v) is 4.46. The summed E-state index contributed by atoms with van der Waals surface area (Å²) in [7, 11) is 4.86. The number of hydrogen-bond donors (Lipinski definition) is 2. The van der Waals surface area contributed by atoms with Gasteiger partial charge in [0.1, 0.15) is 17.2 Å². The van der Waals surface area contributed by atoms with Gasteiger partial charge >= 0.3 is 0 Å². The van der Waals surface area contributed by atoms with Crippen molar-refractivity contribution in [2.24, 2.45) is 0 Å². The highest BCUT2D eigenvalue weighted by atomic mass is 16.5. The van der Waals surface area contributed by atoms with Gasteiger partial charge in [-0.05, 0) is 5.56 Å². The largest absolute Gasteiger partial charge is 0.496 e. The number of aliphatic hydroxyl groups excluding tert-OH is 1. The van der Waals surface area contributed by atoms with Crippen molar-refractivity contribution in [3.05, 3.63) is 70.5 Å². The van der Waals surface area contributed by atoms with E-state index < -0.39 is 0 Å². The highest BCUT2D eigenvalue weighted by molar-refractivity contribution is 5.94. The topological polar surface area (TPSA) is 98.1 Å². The van der Waals surface area contributed by atoms with E-state index in [-0.39, 0.29) is 12.5 Å². The zero-order valence-corrected chi connectivity index (χ0v) is 20.4. The SMILES string of the molecule is COc1cc(OC)c(CN2CCc3c(c(C(=O)NCc4ccccc4)nn3CCO)C2)c(OC)c1. The van der Waals surface area contributed by atoms with E-state index in [0.717, 1.165) is 35.3 Å². The van der Waals surface area contributed by atoms with Crippen molar-refractivity contribution >= 4 is 5.91 Å². The second-order valence-electron chi connectivity index (χ2n) is 8.36. The van der Waals surface area contributed by atoms with E-state index in [9.17, 15) is 9.90 Å². The lowest BCUT2D eigenvalue weighted by molar-refractivity contribution is 0.0942. The lowest BCUT2D eigenvalue weighted by Crippen LogP contribution is -2.32. The van der Waals surface area contributed by atoms with Crippen LogP contribution in [0.25, 0.3) is 0 Å². The smallest absolute Gasteiger partial charge is 0.272 e. The summed E-state index contributed by atoms with van der Waals surface area (Å²) in [6.45, 7) is 2.63. The Balaban J connectivity index is 1.57. The van der Waals surface area contributed by atoms with E-state index in [4.69, 9.17) is 14.2 Å². The van der Waals surface area contributed by atoms with Crippen LogP contribution in [0.3, 0.4) is 0 Å². The number of nitrogens with one attached hydrogen (secondary N) is 1. The number of ether oxygens (including phenoxy) is 3. The standard InChI is InChI=1S/C26H32N4O5/c1-33-19-13-23(34-2)21(24(14-19)35-3)17-29-10-9-22-20(16-29)25(28-30(22)11-12-31)26(32)27-15-18-7-5-4-6-8-18/h4-8,13-14,31H,9-12,15-17H2,1-3H3,(H,27,32). The first kappa shape index (κ1) is 24.6. The molecule has 2 heterocycles. The molecule has 1 aliphatic heterocycles. The second kappa shape index (κ2) is 11.2. The summed E-state index contributed by atoms with van der Waals surface area (Å²) in [6, 6.07) is 13.5. The van der Waals surface area contributed by atoms with Crippen LogP contribution in [-0.2, 0) is 32.6 Å². The fourth-order valence-electron chi connectivity index (χ4n) is 4.46. The molecule has 0 spiro atoms. The van der Waals surface area contributed by atoms with E-state index in [2.05, 4.69) is 15.3 Å². The van der Waals surface area contributed by atoms with Crippen LogP contribution >= 0.6 is 0 Å². The van der Waals surface area contributed by atoms with Crippen LogP contribution in [0.4, 0.5) is 0 Å². The third kappa shape index (κ3) is 5.41. The van der Waals surface area contributed by atoms with Crippen molar-refractivity contribution in [3.8, 4) is 17.2 Å². The monoisotopic (exact) mass is 480 g/mol. The van der Waals surface area contributed by atoms with Crippen molar-refractivity contribution in [2.45, 2.75) is 32.6 Å². The quantitative estimate of drug-likeness (QED) is 0.460. The first-order valence-corrected chi connectivity index (χ1v) is 11.6. The van der Waals surface area contributed by atoms with E-state index >= 15 is 0 Å². The lowest BCUT2D eigenvalue weighted by Gasteiger charge is -2.29. The number of carbonyl (C=O) groups excluding carboxylic acids is 1. The molecule has 9 nitrogen and oxygen atoms in total. The summed E-state index contributed by atoms with van der Waals surface area (Å²) in [5.74, 6) is 1.81. The van der Waals surface area contributed by atoms with Crippen LogP contribution in [0.2, 0.25) is 0 Å². The molecule has 0 unspecified atom stereocenters. The van der Waals surface area contributed by atoms with Crippen LogP contribution in [0.15, 0.2) is 42.5 Å². The summed E-state index contributed by atoms with van der Waals surface area (Å²) < 4.78 is 18.4. The Labute approximate surface area is 205 Å². The molecule has 186 valence electrons. The fraction of sp³-hybridized carbons (Fsp3) is 0.385. The Morgan fingerprint density at radius 3 is 2.43 bits per heavy atom. The van der Waals surface area contributed by atoms with Gasteiger partial charge in [-0.2, -0.15) is 5.10 Å². The van der Waals surface area contributed by atoms with Gasteiger partial charge in [-0.1, -0.05) is 30.3 Å². The Hall–Kier alpha value is -3.56. The van der Waals surface area contributed by atoms with Gasteiger partial charge in [0.15, 0.2) is 5.69 Å². The zero-order chi connectivity index (χ0) is 24.8. The molecule has 35 heavy (non-hydrogen) atoms. The van der Waals surface area contributed by atoms with Gasteiger partial charge < -0.3 is 24.6 Å². The van der Waals surface area contributed by atoms with Gasteiger partial charge in [-0.25, -0.2) is 0 Å². The average Bonchev–Trinajstić information content (AvgIpc) is 3.25. The maximum atomic E-state index is 13.1. The molecule has 0 aliphatic carbocycles. The number of carbonyl (C=O) groups is 1. The molecule has 2 aromatic carbocycles. The predicted octanol–water partition coefficient (Wildman–Crippen LogP) is 2.39. The first-order chi connectivity index (χ1) is 17.1. The van der Waals surface area contributed by atoms with Crippen LogP contribution < -0.4 is 19.5 Å². The number of hydrogen-bond acceptors (Lipinski definition) is 7. The van der Waals surface area contributed by atoms with Crippen molar-refractivity contribution in [1.29, 1.82) is 0 Å². The van der Waals surface area contributed by atoms with Gasteiger partial charge in [0, 0.05) is 56.0 Å². The average molecular weight is 481 g/mol. The molecule has 1 amide bonds. The molecule has 0 fully saturated rings. The van der Waals surface area contributed by atoms with Crippen molar-refractivity contribution in [1.82, 2.24) is 20.0 Å². The molecular formula is C26H32N4O5. The summed E-state index contributed by atoms with van der Waals surface area (Å²) in [4.78, 5) is 15.4. The summed E-state index contributed by atoms with van der Waals surface area (Å²) in [5, 5.41) is 17.1. The van der Waals surface area contributed by atoms with Crippen LogP contribution in [0.5, 0.6) is 17.2 Å². The van der Waals surface area contributed by atoms with Gasteiger partial charge in [-0.15, -0.1) is 0 Å². The molecule has 1 aliphatic rings. The molecule has 0 saturated heterocycles. The molecule has 0 atom stereocenters. The zero-order valence-electron chi connectivity index (χ0n) is 20.4. The molecule has 4 rings (SSSR count). The molecular weight excluding hydrogens is 448 g/mol. The van der Waals surface area contributed by atoms with Gasteiger partial charge in [0.05, 0.1) is 40.0 Å². The molecule has 1 aromatic heterocycles. The molecule has 0 saturated carbocycles. The lowest BCUT2D eigenvalue weighted by atomic mass is 10.0. The second-order valence-corrected chi connectivity index (χ2v) is 8.36. The third-order valence-corrected chi connectivity index (χ3v) is 6.23. The van der Waals surface area contributed by atoms with E-state index in [1.54, 1.807) is 26.0 Å². The van der Waals surface area contributed by atoms with Crippen LogP contribution in [-0.4, -0.2) is 60.2 Å². The normalized spacial score (nSPS) is 13.3. The molecule has 0 radical (unpaired) electrons. The Bertz CT molecular complexity index is 1140. The van der Waals surface area contributed by atoms with Crippen molar-refractivity contribution in [3.63, 3.8) is 0 Å². The maximum absolute atomic E-state index is 13.1. The van der Waals surface area contributed by atoms with E-state index in [1.165, 1.54) is 0 Å². The molecule has 9 heteroatoms. The molecule has 3 aromatic rings. The minimum atomic E-state index is -0.219. The van der Waals surface area contributed by atoms with Crippen molar-refractivity contribution < 1.29 is 24.1 Å². The minimum absolute atomic E-state index is 0.0385. The number of amides is 1. The predicted molar refractivity (Wildman–Crippen MR) is 131 cm³/mol. The Kier molecular flexibility index (Phi) is 7.89. The number of nitrogens with zero attached hydrogens (tertiary/aromatic N) is 3. The number of methoxy groups -OCH3 is 3. The van der Waals surface area contributed by atoms with Crippen LogP contribution in [0.1, 0.15) is 32.9 Å². The summed E-state index contributed by atoms with van der Waals surface area (Å²) in [5.41, 5.74) is 4.22. The van der Waals surface area contributed by atoms with Crippen LogP contribution in [0, 0.1) is 0 Å². The number of aromatic nitrogens is 2. The molecule has 2 N–H and O–H groups in total. The van der Waals surface area contributed by atoms with Crippen molar-refractivity contribution in [2.75, 3.05) is 34.5 Å². The molecule has 0 bridgehead atoms. The number of rotatable bonds is 10. The Morgan fingerprint density at radius 1 is 1.09 bits per heavy atom. The van der Waals surface area contributed by atoms with E-state index in [0.29, 0.717) is 49.1 Å². The number of aliphatic hydroxyl groups is 1. The highest BCUT2D eigenvalue weighted by Crippen LogP contribution is 2.36. The third-order valence-electron chi connectivity index (χ3n) is 6.23. The number of fused-ring (bicyclic) bond motifs is 1. The minimum Gasteiger partial charge on any atom is -0.496 e. The van der Waals surface area contributed by atoms with Gasteiger partial charge in [0.2, 0.25) is 0 Å². The Morgan fingerprint density at radius 2 is 1.80 bits per heavy atom.